The van der Waals surface area contributed by atoms with Crippen molar-refractivity contribution in [2.24, 2.45) is 5.41 Å². The number of carboxylic acids is 3. The number of rotatable bonds is 10. The Hall–Kier alpha value is -0.660. The molecule has 22 heavy (non-hydrogen) atoms. The van der Waals surface area contributed by atoms with E-state index in [0.717, 1.165) is 0 Å². The first-order valence-corrected chi connectivity index (χ1v) is 7.62. The van der Waals surface area contributed by atoms with Crippen molar-refractivity contribution in [3.63, 3.8) is 0 Å². The largest absolute Gasteiger partial charge is 0.480 e. The first kappa shape index (κ1) is 21.3. The van der Waals surface area contributed by atoms with Gasteiger partial charge < -0.3 is 30.6 Å². The van der Waals surface area contributed by atoms with Gasteiger partial charge in [-0.2, -0.15) is 25.3 Å². The van der Waals surface area contributed by atoms with Gasteiger partial charge in [0, 0.05) is 0 Å². The maximum absolute atomic E-state index is 11.6. The lowest BCUT2D eigenvalue weighted by Crippen LogP contribution is -2.67. The molecule has 0 aromatic carbocycles. The van der Waals surface area contributed by atoms with E-state index < -0.39 is 57.7 Å². The Bertz CT molecular complexity index is 423. The second kappa shape index (κ2) is 8.26. The van der Waals surface area contributed by atoms with Crippen LogP contribution in [0.15, 0.2) is 0 Å². The third kappa shape index (κ3) is 3.31. The van der Waals surface area contributed by atoms with Crippen molar-refractivity contribution >= 4 is 54.9 Å². The second-order valence-electron chi connectivity index (χ2n) is 4.24. The zero-order valence-corrected chi connectivity index (χ0v) is 13.6. The molecule has 6 N–H and O–H groups in total. The molecule has 0 amide bonds. The van der Waals surface area contributed by atoms with Gasteiger partial charge in [0.1, 0.15) is 15.2 Å². The van der Waals surface area contributed by atoms with E-state index in [1.54, 1.807) is 0 Å². The van der Waals surface area contributed by atoms with Crippen LogP contribution in [0.2, 0.25) is 0 Å². The van der Waals surface area contributed by atoms with Crippen LogP contribution in [-0.2, 0) is 14.4 Å². The standard InChI is InChI=1S/C10H16O9S3/c11-1-9(4(20)6(14)15,5(21)7(16)17)10(2-12,8(18)19)22-3-13/h4-5,11-13,20-21H,1-3H2,(H,14,15)(H,16,17)(H,18,19). The van der Waals surface area contributed by atoms with Crippen LogP contribution >= 0.6 is 37.0 Å². The molecule has 0 rings (SSSR count). The van der Waals surface area contributed by atoms with Gasteiger partial charge in [0.15, 0.2) is 0 Å². The number of aliphatic hydroxyl groups is 3. The molecular weight excluding hydrogens is 360 g/mol. The van der Waals surface area contributed by atoms with Crippen LogP contribution in [0.25, 0.3) is 0 Å². The minimum absolute atomic E-state index is 0.177. The number of aliphatic carboxylic acids is 3. The molecule has 9 nitrogen and oxygen atoms in total. The summed E-state index contributed by atoms with van der Waals surface area (Å²) in [6.07, 6.45) is 0. The molecule has 0 heterocycles. The quantitative estimate of drug-likeness (QED) is 0.161. The molecule has 128 valence electrons. The van der Waals surface area contributed by atoms with E-state index in [1.165, 1.54) is 0 Å². The first-order chi connectivity index (χ1) is 10.1. The summed E-state index contributed by atoms with van der Waals surface area (Å²) >= 11 is 7.60. The van der Waals surface area contributed by atoms with E-state index >= 15 is 0 Å². The summed E-state index contributed by atoms with van der Waals surface area (Å²) in [6, 6.07) is 0. The predicted molar refractivity (Wildman–Crippen MR) is 82.5 cm³/mol. The number of hydrogen-bond donors (Lipinski definition) is 8. The van der Waals surface area contributed by atoms with Gasteiger partial charge in [-0.25, -0.2) is 0 Å². The molecule has 0 aromatic rings. The number of thioether (sulfide) groups is 1. The van der Waals surface area contributed by atoms with Crippen molar-refractivity contribution in [2.45, 2.75) is 15.2 Å². The second-order valence-corrected chi connectivity index (χ2v) is 6.52. The highest BCUT2D eigenvalue weighted by atomic mass is 32.2. The molecule has 0 saturated carbocycles. The summed E-state index contributed by atoms with van der Waals surface area (Å²) in [5.41, 5.74) is -2.52. The van der Waals surface area contributed by atoms with Gasteiger partial charge >= 0.3 is 17.9 Å². The summed E-state index contributed by atoms with van der Waals surface area (Å²) in [5.74, 6) is -6.12. The molecule has 3 unspecified atom stereocenters. The van der Waals surface area contributed by atoms with Crippen molar-refractivity contribution in [2.75, 3.05) is 19.2 Å². The number of aliphatic hydroxyl groups excluding tert-OH is 3. The first-order valence-electron chi connectivity index (χ1n) is 5.60. The van der Waals surface area contributed by atoms with Gasteiger partial charge in [-0.1, -0.05) is 0 Å². The van der Waals surface area contributed by atoms with Crippen molar-refractivity contribution in [3.05, 3.63) is 0 Å². The summed E-state index contributed by atoms with van der Waals surface area (Å²) in [5, 5.41) is 51.9. The van der Waals surface area contributed by atoms with Gasteiger partial charge in [0.05, 0.1) is 24.6 Å². The zero-order chi connectivity index (χ0) is 17.7. The highest BCUT2D eigenvalue weighted by molar-refractivity contribution is 8.01. The molecule has 3 atom stereocenters. The number of hydrogen-bond acceptors (Lipinski definition) is 9. The normalized spacial score (nSPS) is 19.5. The van der Waals surface area contributed by atoms with Crippen molar-refractivity contribution in [3.8, 4) is 0 Å². The van der Waals surface area contributed by atoms with E-state index in [2.05, 4.69) is 25.3 Å². The molecule has 0 radical (unpaired) electrons. The van der Waals surface area contributed by atoms with Gasteiger partial charge in [-0.15, -0.1) is 11.8 Å². The molecule has 0 bridgehead atoms. The summed E-state index contributed by atoms with van der Waals surface area (Å²) in [6.45, 7) is -2.53. The minimum atomic E-state index is -2.56. The lowest BCUT2D eigenvalue weighted by atomic mass is 9.69. The van der Waals surface area contributed by atoms with Gasteiger partial charge in [0.25, 0.3) is 0 Å². The summed E-state index contributed by atoms with van der Waals surface area (Å²) < 4.78 is -2.56. The third-order valence-corrected chi connectivity index (χ3v) is 6.01. The number of carboxylic acid groups (broad SMARTS) is 3. The van der Waals surface area contributed by atoms with Crippen LogP contribution in [0.5, 0.6) is 0 Å². The average Bonchev–Trinajstić information content (AvgIpc) is 2.45. The monoisotopic (exact) mass is 376 g/mol. The molecule has 0 aliphatic heterocycles. The Balaban J connectivity index is 6.62. The average molecular weight is 376 g/mol. The fourth-order valence-electron chi connectivity index (χ4n) is 2.10. The van der Waals surface area contributed by atoms with Crippen LogP contribution in [0.1, 0.15) is 0 Å². The fourth-order valence-corrected chi connectivity index (χ4v) is 4.30. The lowest BCUT2D eigenvalue weighted by Gasteiger charge is -2.48. The van der Waals surface area contributed by atoms with Crippen molar-refractivity contribution in [1.29, 1.82) is 0 Å². The Labute approximate surface area is 140 Å². The van der Waals surface area contributed by atoms with E-state index in [-0.39, 0.29) is 11.8 Å². The molecular formula is C10H16O9S3. The SMILES string of the molecule is O=C(O)C(S)C(CO)(C(S)C(=O)O)C(CO)(SCO)C(=O)O. The van der Waals surface area contributed by atoms with E-state index in [0.29, 0.717) is 0 Å². The number of carbonyl (C=O) groups is 3. The lowest BCUT2D eigenvalue weighted by molar-refractivity contribution is -0.153. The predicted octanol–water partition coefficient (Wildman–Crippen LogP) is -1.77. The van der Waals surface area contributed by atoms with Crippen LogP contribution in [-0.4, -0.2) is 82.9 Å². The van der Waals surface area contributed by atoms with Gasteiger partial charge in [-0.05, 0) is 0 Å². The summed E-state index contributed by atoms with van der Waals surface area (Å²) in [4.78, 5) is 34.2. The maximum Gasteiger partial charge on any atom is 0.323 e. The van der Waals surface area contributed by atoms with Gasteiger partial charge in [-0.3, -0.25) is 14.4 Å². The van der Waals surface area contributed by atoms with Crippen molar-refractivity contribution in [1.82, 2.24) is 0 Å². The Morgan fingerprint density at radius 2 is 1.32 bits per heavy atom. The van der Waals surface area contributed by atoms with E-state index in [9.17, 15) is 29.7 Å². The molecule has 12 heteroatoms. The zero-order valence-electron chi connectivity index (χ0n) is 11.0. The molecule has 0 aromatic heterocycles. The van der Waals surface area contributed by atoms with E-state index in [4.69, 9.17) is 15.3 Å². The smallest absolute Gasteiger partial charge is 0.323 e. The fraction of sp³-hybridized carbons (Fsp3) is 0.700. The minimum Gasteiger partial charge on any atom is -0.480 e. The molecule has 0 fully saturated rings. The van der Waals surface area contributed by atoms with E-state index in [1.807, 2.05) is 0 Å². The molecule has 0 spiro atoms. The van der Waals surface area contributed by atoms with Gasteiger partial charge in [0.2, 0.25) is 0 Å². The molecule has 0 aliphatic rings. The maximum atomic E-state index is 11.6. The Morgan fingerprint density at radius 3 is 1.50 bits per heavy atom. The van der Waals surface area contributed by atoms with Crippen LogP contribution in [0.3, 0.4) is 0 Å². The van der Waals surface area contributed by atoms with Crippen LogP contribution in [0.4, 0.5) is 0 Å². The van der Waals surface area contributed by atoms with Crippen LogP contribution < -0.4 is 0 Å². The molecule has 0 aliphatic carbocycles. The highest BCUT2D eigenvalue weighted by Crippen LogP contribution is 2.50. The topological polar surface area (TPSA) is 173 Å². The van der Waals surface area contributed by atoms with Crippen LogP contribution in [0, 0.1) is 5.41 Å². The third-order valence-electron chi connectivity index (χ3n) is 3.34. The Morgan fingerprint density at radius 1 is 0.909 bits per heavy atom. The highest BCUT2D eigenvalue weighted by Gasteiger charge is 2.66. The number of thiol groups is 2. The van der Waals surface area contributed by atoms with Crippen molar-refractivity contribution < 1.29 is 45.0 Å². The molecule has 0 saturated heterocycles. The Kier molecular flexibility index (Phi) is 8.02. The summed E-state index contributed by atoms with van der Waals surface area (Å²) in [7, 11) is 0.